The quantitative estimate of drug-likeness (QED) is 0.267. The molecule has 6 heteroatoms. The Morgan fingerprint density at radius 1 is 1.32 bits per heavy atom. The molecule has 0 bridgehead atoms. The minimum atomic E-state index is 0.270. The zero-order chi connectivity index (χ0) is 24.1. The van der Waals surface area contributed by atoms with Gasteiger partial charge in [-0.1, -0.05) is 31.7 Å². The molecule has 2 heterocycles. The number of fused-ring (bicyclic) bond motifs is 1. The lowest BCUT2D eigenvalue weighted by atomic mass is 9.93. The molecule has 34 heavy (non-hydrogen) atoms. The van der Waals surface area contributed by atoms with E-state index in [1.165, 1.54) is 6.42 Å². The van der Waals surface area contributed by atoms with Crippen LogP contribution in [0.1, 0.15) is 57.0 Å². The molecule has 3 aromatic rings. The predicted octanol–water partition coefficient (Wildman–Crippen LogP) is 6.65. The van der Waals surface area contributed by atoms with Gasteiger partial charge >= 0.3 is 0 Å². The second-order valence-corrected chi connectivity index (χ2v) is 8.30. The molecule has 0 radical (unpaired) electrons. The van der Waals surface area contributed by atoms with Gasteiger partial charge in [0.15, 0.2) is 11.4 Å². The molecule has 0 atom stereocenters. The molecule has 6 nitrogen and oxygen atoms in total. The SMILES string of the molecule is C=C/C(CC)=C(\C=C/C)OCc1nn(C2CCC2)c2ccc(-c3ccnc(C#N)c3OC)cc12. The Kier molecular flexibility index (Phi) is 7.12. The molecule has 0 unspecified atom stereocenters. The van der Waals surface area contributed by atoms with Gasteiger partial charge in [0.05, 0.1) is 18.7 Å². The summed E-state index contributed by atoms with van der Waals surface area (Å²) in [6.45, 7) is 8.35. The van der Waals surface area contributed by atoms with Gasteiger partial charge in [-0.15, -0.1) is 0 Å². The van der Waals surface area contributed by atoms with E-state index < -0.39 is 0 Å². The van der Waals surface area contributed by atoms with Crippen LogP contribution in [-0.4, -0.2) is 21.9 Å². The van der Waals surface area contributed by atoms with Gasteiger partial charge in [-0.3, -0.25) is 4.68 Å². The Hall–Kier alpha value is -3.85. The van der Waals surface area contributed by atoms with Gasteiger partial charge < -0.3 is 9.47 Å². The highest BCUT2D eigenvalue weighted by Crippen LogP contribution is 2.38. The molecule has 1 aromatic carbocycles. The molecule has 0 N–H and O–H groups in total. The molecular weight excluding hydrogens is 424 g/mol. The average Bonchev–Trinajstić information content (AvgIpc) is 3.18. The number of hydrogen-bond donors (Lipinski definition) is 0. The normalized spacial score (nSPS) is 14.5. The lowest BCUT2D eigenvalue weighted by molar-refractivity contribution is 0.202. The van der Waals surface area contributed by atoms with Gasteiger partial charge in [-0.2, -0.15) is 10.4 Å². The van der Waals surface area contributed by atoms with E-state index in [0.717, 1.165) is 58.3 Å². The fraction of sp³-hybridized carbons (Fsp3) is 0.321. The van der Waals surface area contributed by atoms with Gasteiger partial charge in [-0.25, -0.2) is 4.98 Å². The number of ether oxygens (including phenoxy) is 2. The van der Waals surface area contributed by atoms with Gasteiger partial charge in [-0.05, 0) is 68.0 Å². The van der Waals surface area contributed by atoms with Crippen molar-refractivity contribution in [3.8, 4) is 22.9 Å². The number of benzene rings is 1. The Labute approximate surface area is 200 Å². The maximum Gasteiger partial charge on any atom is 0.183 e. The van der Waals surface area contributed by atoms with E-state index in [-0.39, 0.29) is 5.69 Å². The Balaban J connectivity index is 1.80. The second kappa shape index (κ2) is 10.4. The smallest absolute Gasteiger partial charge is 0.183 e. The van der Waals surface area contributed by atoms with Crippen LogP contribution in [0.2, 0.25) is 0 Å². The van der Waals surface area contributed by atoms with Gasteiger partial charge in [0, 0.05) is 17.1 Å². The average molecular weight is 455 g/mol. The molecule has 1 fully saturated rings. The summed E-state index contributed by atoms with van der Waals surface area (Å²) in [6, 6.07) is 10.7. The van der Waals surface area contributed by atoms with Crippen LogP contribution in [0.15, 0.2) is 66.6 Å². The number of methoxy groups -OCH3 is 1. The van der Waals surface area contributed by atoms with Crippen LogP contribution in [0.3, 0.4) is 0 Å². The van der Waals surface area contributed by atoms with Crippen LogP contribution in [0.5, 0.6) is 5.75 Å². The van der Waals surface area contributed by atoms with Crippen molar-refractivity contribution in [2.75, 3.05) is 7.11 Å². The van der Waals surface area contributed by atoms with Crippen molar-refractivity contribution in [2.24, 2.45) is 0 Å². The molecule has 0 amide bonds. The minimum Gasteiger partial charge on any atom is -0.493 e. The molecule has 174 valence electrons. The number of pyridine rings is 1. The largest absolute Gasteiger partial charge is 0.493 e. The molecule has 0 saturated heterocycles. The zero-order valence-corrected chi connectivity index (χ0v) is 20.0. The van der Waals surface area contributed by atoms with Crippen LogP contribution in [0, 0.1) is 11.3 Å². The van der Waals surface area contributed by atoms with Crippen LogP contribution < -0.4 is 4.74 Å². The first-order valence-electron chi connectivity index (χ1n) is 11.7. The summed E-state index contributed by atoms with van der Waals surface area (Å²) in [5.74, 6) is 1.29. The van der Waals surface area contributed by atoms with Crippen LogP contribution >= 0.6 is 0 Å². The van der Waals surface area contributed by atoms with Crippen molar-refractivity contribution in [1.82, 2.24) is 14.8 Å². The van der Waals surface area contributed by atoms with Gasteiger partial charge in [0.25, 0.3) is 0 Å². The fourth-order valence-corrected chi connectivity index (χ4v) is 4.31. The van der Waals surface area contributed by atoms with E-state index in [4.69, 9.17) is 14.6 Å². The summed E-state index contributed by atoms with van der Waals surface area (Å²) >= 11 is 0. The molecule has 0 aliphatic heterocycles. The second-order valence-electron chi connectivity index (χ2n) is 8.30. The molecule has 1 saturated carbocycles. The number of nitriles is 1. The first-order valence-corrected chi connectivity index (χ1v) is 11.7. The van der Waals surface area contributed by atoms with Crippen molar-refractivity contribution in [3.63, 3.8) is 0 Å². The number of allylic oxidation sites excluding steroid dienone is 4. The fourth-order valence-electron chi connectivity index (χ4n) is 4.31. The summed E-state index contributed by atoms with van der Waals surface area (Å²) in [5.41, 5.74) is 5.09. The van der Waals surface area contributed by atoms with Crippen molar-refractivity contribution in [2.45, 2.75) is 52.2 Å². The van der Waals surface area contributed by atoms with E-state index in [2.05, 4.69) is 47.4 Å². The number of rotatable bonds is 9. The lowest BCUT2D eigenvalue weighted by Gasteiger charge is -2.26. The summed E-state index contributed by atoms with van der Waals surface area (Å²) < 4.78 is 13.9. The number of aromatic nitrogens is 3. The highest BCUT2D eigenvalue weighted by Gasteiger charge is 2.24. The molecular formula is C28H30N4O2. The third-order valence-corrected chi connectivity index (χ3v) is 6.36. The Morgan fingerprint density at radius 2 is 2.15 bits per heavy atom. The topological polar surface area (TPSA) is 73.0 Å². The van der Waals surface area contributed by atoms with Crippen molar-refractivity contribution < 1.29 is 9.47 Å². The highest BCUT2D eigenvalue weighted by atomic mass is 16.5. The molecule has 1 aliphatic rings. The zero-order valence-electron chi connectivity index (χ0n) is 20.0. The number of nitrogens with zero attached hydrogens (tertiary/aromatic N) is 4. The van der Waals surface area contributed by atoms with Gasteiger partial charge in [0.2, 0.25) is 0 Å². The standard InChI is InChI=1S/C28H30N4O2/c1-5-9-27(19(6-2)7-3)34-18-25-23-16-20(22-14-15-30-24(17-29)28(22)33-4)12-13-26(23)32(31-25)21-10-8-11-21/h5-6,9,12-16,21H,2,7-8,10-11,18H2,1,3-4H3/b9-5-,27-19-. The predicted molar refractivity (Wildman–Crippen MR) is 134 cm³/mol. The first-order chi connectivity index (χ1) is 16.6. The van der Waals surface area contributed by atoms with Gasteiger partial charge in [0.1, 0.15) is 24.1 Å². The molecule has 2 aromatic heterocycles. The van der Waals surface area contributed by atoms with Crippen LogP contribution in [0.4, 0.5) is 0 Å². The van der Waals surface area contributed by atoms with E-state index in [1.807, 2.05) is 31.2 Å². The monoisotopic (exact) mass is 454 g/mol. The molecule has 1 aliphatic carbocycles. The van der Waals surface area contributed by atoms with E-state index in [9.17, 15) is 5.26 Å². The number of hydrogen-bond acceptors (Lipinski definition) is 5. The summed E-state index contributed by atoms with van der Waals surface area (Å²) in [4.78, 5) is 4.14. The van der Waals surface area contributed by atoms with Crippen molar-refractivity contribution in [3.05, 3.63) is 78.0 Å². The molecule has 0 spiro atoms. The van der Waals surface area contributed by atoms with Crippen LogP contribution in [-0.2, 0) is 11.3 Å². The summed E-state index contributed by atoms with van der Waals surface area (Å²) in [5, 5.41) is 15.5. The minimum absolute atomic E-state index is 0.270. The third-order valence-electron chi connectivity index (χ3n) is 6.36. The lowest BCUT2D eigenvalue weighted by Crippen LogP contribution is -2.18. The first kappa shape index (κ1) is 23.3. The summed E-state index contributed by atoms with van der Waals surface area (Å²) in [6.07, 6.45) is 11.8. The maximum atomic E-state index is 9.45. The van der Waals surface area contributed by atoms with E-state index in [1.54, 1.807) is 13.3 Å². The van der Waals surface area contributed by atoms with Crippen molar-refractivity contribution in [1.29, 1.82) is 5.26 Å². The Bertz CT molecular complexity index is 1310. The third kappa shape index (κ3) is 4.34. The van der Waals surface area contributed by atoms with E-state index >= 15 is 0 Å². The molecule has 4 rings (SSSR count). The van der Waals surface area contributed by atoms with Crippen molar-refractivity contribution >= 4 is 10.9 Å². The van der Waals surface area contributed by atoms with Crippen LogP contribution in [0.25, 0.3) is 22.0 Å². The highest BCUT2D eigenvalue weighted by molar-refractivity contribution is 5.88. The van der Waals surface area contributed by atoms with E-state index in [0.29, 0.717) is 18.4 Å². The Morgan fingerprint density at radius 3 is 2.76 bits per heavy atom. The summed E-state index contributed by atoms with van der Waals surface area (Å²) in [7, 11) is 1.56. The maximum absolute atomic E-state index is 9.45.